The molecule has 140 valence electrons. The molecule has 2 aromatic carbocycles. The zero-order valence-electron chi connectivity index (χ0n) is 14.3. The highest BCUT2D eigenvalue weighted by atomic mass is 35.5. The normalized spacial score (nSPS) is 19.3. The average molecular weight is 383 g/mol. The highest BCUT2D eigenvalue weighted by Crippen LogP contribution is 2.23. The second-order valence-electron chi connectivity index (χ2n) is 6.25. The molecule has 0 aliphatic carbocycles. The Hall–Kier alpha value is -2.18. The number of benzene rings is 2. The van der Waals surface area contributed by atoms with Gasteiger partial charge in [0.15, 0.2) is 11.6 Å². The standard InChI is InChI=1S/C19H20F2N2O2.ClH/c1-12-10-14(8-9-22-12)23-19(24)13-2-4-15(5-3-13)25-16-6-7-17(20)18(21)11-16;/h2-7,11-12,14,22H,8-10H2,1H3,(H,23,24);1H. The van der Waals surface area contributed by atoms with E-state index in [1.165, 1.54) is 6.07 Å². The van der Waals surface area contributed by atoms with Gasteiger partial charge in [-0.15, -0.1) is 12.4 Å². The molecule has 1 aliphatic rings. The second-order valence-corrected chi connectivity index (χ2v) is 6.25. The van der Waals surface area contributed by atoms with Gasteiger partial charge in [0.1, 0.15) is 11.5 Å². The third-order valence-electron chi connectivity index (χ3n) is 4.20. The molecule has 0 spiro atoms. The third-order valence-corrected chi connectivity index (χ3v) is 4.20. The van der Waals surface area contributed by atoms with E-state index in [1.807, 2.05) is 0 Å². The molecule has 1 amide bonds. The van der Waals surface area contributed by atoms with Crippen molar-refractivity contribution in [3.05, 3.63) is 59.7 Å². The Labute approximate surface area is 157 Å². The highest BCUT2D eigenvalue weighted by Gasteiger charge is 2.20. The average Bonchev–Trinajstić information content (AvgIpc) is 2.59. The number of hydrogen-bond donors (Lipinski definition) is 2. The molecule has 1 aliphatic heterocycles. The first kappa shape index (κ1) is 20.1. The second kappa shape index (κ2) is 8.96. The predicted octanol–water partition coefficient (Wildman–Crippen LogP) is 4.05. The maximum atomic E-state index is 13.2. The van der Waals surface area contributed by atoms with Gasteiger partial charge in [0, 0.05) is 23.7 Å². The van der Waals surface area contributed by atoms with Crippen molar-refractivity contribution in [1.29, 1.82) is 0 Å². The molecular weight excluding hydrogens is 362 g/mol. The quantitative estimate of drug-likeness (QED) is 0.838. The molecule has 1 fully saturated rings. The SMILES string of the molecule is CC1CC(NC(=O)c2ccc(Oc3ccc(F)c(F)c3)cc2)CCN1.Cl. The summed E-state index contributed by atoms with van der Waals surface area (Å²) in [6, 6.07) is 10.4. The van der Waals surface area contributed by atoms with Crippen LogP contribution in [-0.2, 0) is 0 Å². The number of ether oxygens (including phenoxy) is 1. The van der Waals surface area contributed by atoms with E-state index in [-0.39, 0.29) is 30.1 Å². The first-order valence-electron chi connectivity index (χ1n) is 8.28. The van der Waals surface area contributed by atoms with Crippen LogP contribution < -0.4 is 15.4 Å². The van der Waals surface area contributed by atoms with E-state index in [0.717, 1.165) is 31.5 Å². The van der Waals surface area contributed by atoms with Gasteiger partial charge in [0.05, 0.1) is 0 Å². The summed E-state index contributed by atoms with van der Waals surface area (Å²) < 4.78 is 31.6. The van der Waals surface area contributed by atoms with Crippen LogP contribution in [0.25, 0.3) is 0 Å². The zero-order chi connectivity index (χ0) is 17.8. The predicted molar refractivity (Wildman–Crippen MR) is 98.1 cm³/mol. The van der Waals surface area contributed by atoms with Crippen LogP contribution in [0.3, 0.4) is 0 Å². The number of amides is 1. The van der Waals surface area contributed by atoms with Crippen LogP contribution in [0.2, 0.25) is 0 Å². The van der Waals surface area contributed by atoms with E-state index in [2.05, 4.69) is 17.6 Å². The van der Waals surface area contributed by atoms with Gasteiger partial charge in [-0.05, 0) is 62.7 Å². The van der Waals surface area contributed by atoms with Gasteiger partial charge in [0.2, 0.25) is 0 Å². The van der Waals surface area contributed by atoms with Crippen LogP contribution in [0.5, 0.6) is 11.5 Å². The summed E-state index contributed by atoms with van der Waals surface area (Å²) in [4.78, 5) is 12.3. The highest BCUT2D eigenvalue weighted by molar-refractivity contribution is 5.94. The Morgan fingerprint density at radius 2 is 1.81 bits per heavy atom. The monoisotopic (exact) mass is 382 g/mol. The summed E-state index contributed by atoms with van der Waals surface area (Å²) in [5, 5.41) is 6.38. The largest absolute Gasteiger partial charge is 0.457 e. The van der Waals surface area contributed by atoms with E-state index in [9.17, 15) is 13.6 Å². The summed E-state index contributed by atoms with van der Waals surface area (Å²) in [7, 11) is 0. The summed E-state index contributed by atoms with van der Waals surface area (Å²) in [5.74, 6) is -1.38. The molecule has 26 heavy (non-hydrogen) atoms. The molecule has 3 rings (SSSR count). The van der Waals surface area contributed by atoms with Crippen molar-refractivity contribution >= 4 is 18.3 Å². The minimum Gasteiger partial charge on any atom is -0.457 e. The lowest BCUT2D eigenvalue weighted by molar-refractivity contribution is 0.0925. The minimum atomic E-state index is -0.968. The van der Waals surface area contributed by atoms with Crippen LogP contribution in [-0.4, -0.2) is 24.5 Å². The summed E-state index contributed by atoms with van der Waals surface area (Å²) in [6.45, 7) is 3.00. The van der Waals surface area contributed by atoms with Crippen molar-refractivity contribution < 1.29 is 18.3 Å². The summed E-state index contributed by atoms with van der Waals surface area (Å²) in [5.41, 5.74) is 0.531. The third kappa shape index (κ3) is 5.16. The lowest BCUT2D eigenvalue weighted by Crippen LogP contribution is -2.46. The molecule has 1 saturated heterocycles. The number of piperidine rings is 1. The van der Waals surface area contributed by atoms with Gasteiger partial charge in [-0.3, -0.25) is 4.79 Å². The van der Waals surface area contributed by atoms with E-state index in [0.29, 0.717) is 17.4 Å². The number of rotatable bonds is 4. The zero-order valence-corrected chi connectivity index (χ0v) is 15.1. The van der Waals surface area contributed by atoms with Crippen LogP contribution in [0, 0.1) is 11.6 Å². The number of nitrogens with one attached hydrogen (secondary N) is 2. The van der Waals surface area contributed by atoms with Crippen LogP contribution in [0.1, 0.15) is 30.1 Å². The molecule has 2 atom stereocenters. The lowest BCUT2D eigenvalue weighted by atomic mass is 10.0. The van der Waals surface area contributed by atoms with Crippen LogP contribution in [0.15, 0.2) is 42.5 Å². The number of hydrogen-bond acceptors (Lipinski definition) is 3. The van der Waals surface area contributed by atoms with Gasteiger partial charge in [-0.25, -0.2) is 8.78 Å². The fourth-order valence-corrected chi connectivity index (χ4v) is 2.88. The minimum absolute atomic E-state index is 0. The van der Waals surface area contributed by atoms with Gasteiger partial charge < -0.3 is 15.4 Å². The Morgan fingerprint density at radius 1 is 1.12 bits per heavy atom. The van der Waals surface area contributed by atoms with Crippen molar-refractivity contribution in [2.45, 2.75) is 31.8 Å². The molecule has 2 N–H and O–H groups in total. The molecule has 7 heteroatoms. The molecule has 0 radical (unpaired) electrons. The fourth-order valence-electron chi connectivity index (χ4n) is 2.88. The van der Waals surface area contributed by atoms with Gasteiger partial charge in [0.25, 0.3) is 5.91 Å². The first-order chi connectivity index (χ1) is 12.0. The number of carbonyl (C=O) groups is 1. The van der Waals surface area contributed by atoms with Gasteiger partial charge in [-0.2, -0.15) is 0 Å². The number of carbonyl (C=O) groups excluding carboxylic acids is 1. The van der Waals surface area contributed by atoms with E-state index in [4.69, 9.17) is 4.74 Å². The molecule has 0 saturated carbocycles. The summed E-state index contributed by atoms with van der Waals surface area (Å²) in [6.07, 6.45) is 1.82. The van der Waals surface area contributed by atoms with Crippen molar-refractivity contribution in [2.24, 2.45) is 0 Å². The van der Waals surface area contributed by atoms with E-state index in [1.54, 1.807) is 24.3 Å². The molecule has 2 unspecified atom stereocenters. The van der Waals surface area contributed by atoms with E-state index < -0.39 is 11.6 Å². The van der Waals surface area contributed by atoms with E-state index >= 15 is 0 Å². The van der Waals surface area contributed by atoms with Gasteiger partial charge in [-0.1, -0.05) is 0 Å². The molecule has 4 nitrogen and oxygen atoms in total. The smallest absolute Gasteiger partial charge is 0.251 e. The Balaban J connectivity index is 0.00000243. The van der Waals surface area contributed by atoms with Crippen molar-refractivity contribution in [1.82, 2.24) is 10.6 Å². The topological polar surface area (TPSA) is 50.4 Å². The van der Waals surface area contributed by atoms with Crippen molar-refractivity contribution in [3.63, 3.8) is 0 Å². The molecule has 2 aromatic rings. The van der Waals surface area contributed by atoms with Crippen molar-refractivity contribution in [3.8, 4) is 11.5 Å². The number of halogens is 3. The Bertz CT molecular complexity index is 756. The first-order valence-corrected chi connectivity index (χ1v) is 8.28. The molecular formula is C19H21ClF2N2O2. The summed E-state index contributed by atoms with van der Waals surface area (Å²) >= 11 is 0. The van der Waals surface area contributed by atoms with Crippen molar-refractivity contribution in [2.75, 3.05) is 6.54 Å². The van der Waals surface area contributed by atoms with Crippen LogP contribution in [0.4, 0.5) is 8.78 Å². The molecule has 1 heterocycles. The van der Waals surface area contributed by atoms with Gasteiger partial charge >= 0.3 is 0 Å². The fraction of sp³-hybridized carbons (Fsp3) is 0.316. The Morgan fingerprint density at radius 3 is 2.46 bits per heavy atom. The Kier molecular flexibility index (Phi) is 6.94. The maximum absolute atomic E-state index is 13.2. The maximum Gasteiger partial charge on any atom is 0.251 e. The van der Waals surface area contributed by atoms with Crippen LogP contribution >= 0.6 is 12.4 Å². The molecule has 0 bridgehead atoms. The molecule has 0 aromatic heterocycles. The lowest BCUT2D eigenvalue weighted by Gasteiger charge is -2.28.